The number of fused-ring (bicyclic) bond motifs is 2. The van der Waals surface area contributed by atoms with E-state index in [0.29, 0.717) is 11.7 Å². The summed E-state index contributed by atoms with van der Waals surface area (Å²) in [5.74, 6) is 1.27. The zero-order valence-electron chi connectivity index (χ0n) is 11.9. The molecule has 1 heteroatoms. The van der Waals surface area contributed by atoms with Crippen molar-refractivity contribution in [3.05, 3.63) is 83.9 Å². The second-order valence-electron chi connectivity index (χ2n) is 6.11. The number of Topliss-reactive ketones (excluding diaryl/α,β-unsaturated/α-hetero) is 1. The van der Waals surface area contributed by atoms with Crippen LogP contribution < -0.4 is 0 Å². The maximum Gasteiger partial charge on any atom is 0.144 e. The lowest BCUT2D eigenvalue weighted by molar-refractivity contribution is -0.123. The van der Waals surface area contributed by atoms with Crippen LogP contribution in [0.2, 0.25) is 0 Å². The SMILES string of the molecule is O=C1[C@@H]2C=C[C@@H](c3ccccc3)[C@H]1C[C@H]2c1ccccc1. The van der Waals surface area contributed by atoms with Gasteiger partial charge in [0.05, 0.1) is 0 Å². The number of carbonyl (C=O) groups is 1. The number of rotatable bonds is 2. The molecular weight excluding hydrogens is 256 g/mol. The monoisotopic (exact) mass is 274 g/mol. The molecule has 2 aromatic rings. The van der Waals surface area contributed by atoms with Gasteiger partial charge < -0.3 is 0 Å². The quantitative estimate of drug-likeness (QED) is 0.745. The first-order chi connectivity index (χ1) is 10.3. The molecule has 0 aliphatic heterocycles. The summed E-state index contributed by atoms with van der Waals surface area (Å²) in [7, 11) is 0. The first-order valence-corrected chi connectivity index (χ1v) is 7.66. The standard InChI is InChI=1S/C20H18O/c21-20-17-12-11-16(14-7-3-1-4-8-14)19(20)13-18(17)15-9-5-2-6-10-15/h1-12,16-19H,13H2/t16-,17+,18-,19+/m0/s1. The van der Waals surface area contributed by atoms with Gasteiger partial charge in [0.2, 0.25) is 0 Å². The van der Waals surface area contributed by atoms with Crippen LogP contribution in [0.25, 0.3) is 0 Å². The third-order valence-corrected chi connectivity index (χ3v) is 5.01. The highest BCUT2D eigenvalue weighted by atomic mass is 16.1. The Balaban J connectivity index is 1.68. The molecule has 2 aliphatic rings. The Morgan fingerprint density at radius 1 is 0.667 bits per heavy atom. The average molecular weight is 274 g/mol. The van der Waals surface area contributed by atoms with Gasteiger partial charge in [-0.25, -0.2) is 0 Å². The molecule has 4 atom stereocenters. The highest BCUT2D eigenvalue weighted by molar-refractivity contribution is 5.91. The topological polar surface area (TPSA) is 17.1 Å². The summed E-state index contributed by atoms with van der Waals surface area (Å²) in [6, 6.07) is 20.9. The van der Waals surface area contributed by atoms with Gasteiger partial charge in [-0.3, -0.25) is 4.79 Å². The molecule has 0 saturated heterocycles. The van der Waals surface area contributed by atoms with E-state index >= 15 is 0 Å². The second kappa shape index (κ2) is 5.00. The molecule has 1 saturated carbocycles. The van der Waals surface area contributed by atoms with Gasteiger partial charge in [0.1, 0.15) is 5.78 Å². The van der Waals surface area contributed by atoms with Crippen molar-refractivity contribution in [2.75, 3.05) is 0 Å². The highest BCUT2D eigenvalue weighted by Gasteiger charge is 2.46. The van der Waals surface area contributed by atoms with E-state index in [-0.39, 0.29) is 17.8 Å². The minimum Gasteiger partial charge on any atom is -0.299 e. The van der Waals surface area contributed by atoms with Gasteiger partial charge in [0.15, 0.2) is 0 Å². The van der Waals surface area contributed by atoms with Crippen LogP contribution in [-0.2, 0) is 4.79 Å². The second-order valence-corrected chi connectivity index (χ2v) is 6.11. The number of ketones is 1. The summed E-state index contributed by atoms with van der Waals surface area (Å²) >= 11 is 0. The largest absolute Gasteiger partial charge is 0.299 e. The average Bonchev–Trinajstić information content (AvgIpc) is 2.75. The Kier molecular flexibility index (Phi) is 2.99. The van der Waals surface area contributed by atoms with E-state index in [0.717, 1.165) is 6.42 Å². The molecule has 0 heterocycles. The first-order valence-electron chi connectivity index (χ1n) is 7.66. The Bertz CT molecular complexity index is 671. The Labute approximate surface area is 125 Å². The summed E-state index contributed by atoms with van der Waals surface area (Å²) in [5.41, 5.74) is 2.57. The van der Waals surface area contributed by atoms with Crippen LogP contribution in [0.1, 0.15) is 29.4 Å². The van der Waals surface area contributed by atoms with Crippen molar-refractivity contribution < 1.29 is 4.79 Å². The first kappa shape index (κ1) is 12.6. The smallest absolute Gasteiger partial charge is 0.144 e. The maximum absolute atomic E-state index is 12.7. The van der Waals surface area contributed by atoms with Crippen molar-refractivity contribution in [1.29, 1.82) is 0 Å². The predicted molar refractivity (Wildman–Crippen MR) is 84.1 cm³/mol. The fourth-order valence-electron chi connectivity index (χ4n) is 3.97. The Morgan fingerprint density at radius 2 is 1.24 bits per heavy atom. The normalized spacial score (nSPS) is 30.6. The minimum atomic E-state index is 0.0809. The van der Waals surface area contributed by atoms with Crippen molar-refractivity contribution >= 4 is 5.78 Å². The lowest BCUT2D eigenvalue weighted by atomic mass is 9.80. The summed E-state index contributed by atoms with van der Waals surface area (Å²) in [4.78, 5) is 12.7. The van der Waals surface area contributed by atoms with E-state index in [1.807, 2.05) is 12.1 Å². The molecule has 0 aromatic heterocycles. The molecule has 0 radical (unpaired) electrons. The van der Waals surface area contributed by atoms with E-state index in [1.54, 1.807) is 0 Å². The van der Waals surface area contributed by atoms with Crippen molar-refractivity contribution in [1.82, 2.24) is 0 Å². The molecule has 0 spiro atoms. The maximum atomic E-state index is 12.7. The third-order valence-electron chi connectivity index (χ3n) is 5.01. The number of carbonyl (C=O) groups excluding carboxylic acids is 1. The van der Waals surface area contributed by atoms with Gasteiger partial charge in [-0.15, -0.1) is 0 Å². The zero-order chi connectivity index (χ0) is 14.2. The summed E-state index contributed by atoms with van der Waals surface area (Å²) < 4.78 is 0. The van der Waals surface area contributed by atoms with E-state index < -0.39 is 0 Å². The molecule has 4 rings (SSSR count). The molecule has 2 bridgehead atoms. The highest BCUT2D eigenvalue weighted by Crippen LogP contribution is 2.50. The molecule has 21 heavy (non-hydrogen) atoms. The minimum absolute atomic E-state index is 0.0809. The van der Waals surface area contributed by atoms with Gasteiger partial charge in [-0.05, 0) is 23.5 Å². The van der Waals surface area contributed by atoms with Crippen LogP contribution in [0.5, 0.6) is 0 Å². The third kappa shape index (κ3) is 2.04. The zero-order valence-corrected chi connectivity index (χ0v) is 11.9. The van der Waals surface area contributed by atoms with Crippen LogP contribution in [0.4, 0.5) is 0 Å². The number of benzene rings is 2. The number of allylic oxidation sites excluding steroid dienone is 2. The number of hydrogen-bond acceptors (Lipinski definition) is 1. The molecule has 1 nitrogen and oxygen atoms in total. The Morgan fingerprint density at radius 3 is 1.90 bits per heavy atom. The van der Waals surface area contributed by atoms with Crippen molar-refractivity contribution in [2.45, 2.75) is 18.3 Å². The van der Waals surface area contributed by atoms with Gasteiger partial charge in [-0.1, -0.05) is 72.8 Å². The van der Waals surface area contributed by atoms with E-state index in [1.165, 1.54) is 11.1 Å². The Hall–Kier alpha value is -2.15. The van der Waals surface area contributed by atoms with Crippen molar-refractivity contribution in [3.8, 4) is 0 Å². The van der Waals surface area contributed by atoms with E-state index in [4.69, 9.17) is 0 Å². The molecule has 104 valence electrons. The van der Waals surface area contributed by atoms with Gasteiger partial charge >= 0.3 is 0 Å². The molecule has 2 aliphatic carbocycles. The number of hydrogen-bond donors (Lipinski definition) is 0. The van der Waals surface area contributed by atoms with Crippen LogP contribution in [0, 0.1) is 11.8 Å². The fraction of sp³-hybridized carbons (Fsp3) is 0.250. The van der Waals surface area contributed by atoms with Crippen molar-refractivity contribution in [2.24, 2.45) is 11.8 Å². The molecule has 1 fully saturated rings. The van der Waals surface area contributed by atoms with Crippen LogP contribution in [0.15, 0.2) is 72.8 Å². The van der Waals surface area contributed by atoms with Crippen molar-refractivity contribution in [3.63, 3.8) is 0 Å². The summed E-state index contributed by atoms with van der Waals surface area (Å²) in [6.07, 6.45) is 5.39. The summed E-state index contributed by atoms with van der Waals surface area (Å²) in [5, 5.41) is 0. The van der Waals surface area contributed by atoms with E-state index in [2.05, 4.69) is 60.7 Å². The van der Waals surface area contributed by atoms with Crippen LogP contribution >= 0.6 is 0 Å². The van der Waals surface area contributed by atoms with Crippen LogP contribution in [0.3, 0.4) is 0 Å². The molecule has 0 amide bonds. The van der Waals surface area contributed by atoms with Gasteiger partial charge in [-0.2, -0.15) is 0 Å². The molecule has 0 unspecified atom stereocenters. The molecule has 0 N–H and O–H groups in total. The van der Waals surface area contributed by atoms with Gasteiger partial charge in [0, 0.05) is 17.8 Å². The molecule has 2 aromatic carbocycles. The lowest BCUT2D eigenvalue weighted by Crippen LogP contribution is -2.23. The fourth-order valence-corrected chi connectivity index (χ4v) is 3.97. The predicted octanol–water partition coefficient (Wildman–Crippen LogP) is 4.33. The van der Waals surface area contributed by atoms with E-state index in [9.17, 15) is 4.79 Å². The van der Waals surface area contributed by atoms with Gasteiger partial charge in [0.25, 0.3) is 0 Å². The summed E-state index contributed by atoms with van der Waals surface area (Å²) in [6.45, 7) is 0. The van der Waals surface area contributed by atoms with Crippen LogP contribution in [-0.4, -0.2) is 5.78 Å². The lowest BCUT2D eigenvalue weighted by Gasteiger charge is -2.23. The molecular formula is C20H18O.